The van der Waals surface area contributed by atoms with Crippen LogP contribution in [-0.4, -0.2) is 14.8 Å². The number of anilines is 1. The van der Waals surface area contributed by atoms with Crippen LogP contribution < -0.4 is 5.73 Å². The molecule has 0 unspecified atom stereocenters. The Bertz CT molecular complexity index is 484. The van der Waals surface area contributed by atoms with Gasteiger partial charge < -0.3 is 5.73 Å². The normalized spacial score (nSPS) is 10.9. The van der Waals surface area contributed by atoms with Crippen LogP contribution in [0.3, 0.4) is 0 Å². The molecule has 0 aliphatic rings. The van der Waals surface area contributed by atoms with Gasteiger partial charge in [0.05, 0.1) is 34.3 Å². The fourth-order valence-corrected chi connectivity index (χ4v) is 2.10. The Balaban J connectivity index is 2.28. The van der Waals surface area contributed by atoms with E-state index in [9.17, 15) is 0 Å². The van der Waals surface area contributed by atoms with Crippen molar-refractivity contribution in [1.29, 1.82) is 0 Å². The number of hydrogen-bond donors (Lipinski definition) is 1. The van der Waals surface area contributed by atoms with E-state index in [1.165, 1.54) is 0 Å². The van der Waals surface area contributed by atoms with Crippen LogP contribution in [0, 0.1) is 20.8 Å². The fraction of sp³-hybridized carbons (Fsp3) is 0.400. The maximum atomic E-state index is 5.86. The molecule has 2 aromatic rings. The summed E-state index contributed by atoms with van der Waals surface area (Å²) in [5, 5.41) is 7.51. The Labute approximate surface area is 92.8 Å². The van der Waals surface area contributed by atoms with Gasteiger partial charge in [0.25, 0.3) is 0 Å². The molecule has 0 aliphatic carbocycles. The Kier molecular flexibility index (Phi) is 2.48. The lowest BCUT2D eigenvalue weighted by molar-refractivity contribution is 0.649. The average molecular weight is 222 g/mol. The number of hydrogen-bond acceptors (Lipinski definition) is 4. The molecule has 0 spiro atoms. The summed E-state index contributed by atoms with van der Waals surface area (Å²) in [5.41, 5.74) is 9.59. The van der Waals surface area contributed by atoms with Gasteiger partial charge in [-0.15, -0.1) is 11.3 Å². The molecule has 0 aromatic carbocycles. The molecule has 2 N–H and O–H groups in total. The molecule has 0 saturated heterocycles. The van der Waals surface area contributed by atoms with Gasteiger partial charge in [-0.3, -0.25) is 4.68 Å². The molecule has 80 valence electrons. The van der Waals surface area contributed by atoms with Crippen LogP contribution >= 0.6 is 11.3 Å². The minimum absolute atomic E-state index is 0.703. The largest absolute Gasteiger partial charge is 0.396 e. The highest BCUT2D eigenvalue weighted by Gasteiger charge is 2.09. The number of nitrogen functional groups attached to an aromatic ring is 1. The van der Waals surface area contributed by atoms with Gasteiger partial charge in [-0.05, 0) is 20.8 Å². The quantitative estimate of drug-likeness (QED) is 0.844. The zero-order valence-corrected chi connectivity index (χ0v) is 9.93. The van der Waals surface area contributed by atoms with E-state index in [0.717, 1.165) is 27.8 Å². The van der Waals surface area contributed by atoms with Gasteiger partial charge in [0.1, 0.15) is 0 Å². The standard InChI is InChI=1S/C10H14N4S/c1-6-10(11)7(2)14(13-6)4-9-5-15-8(3)12-9/h5H,4,11H2,1-3H3. The predicted molar refractivity (Wildman–Crippen MR) is 62.1 cm³/mol. The molecule has 15 heavy (non-hydrogen) atoms. The summed E-state index contributed by atoms with van der Waals surface area (Å²) in [6.07, 6.45) is 0. The van der Waals surface area contributed by atoms with Crippen molar-refractivity contribution < 1.29 is 0 Å². The van der Waals surface area contributed by atoms with Crippen molar-refractivity contribution in [2.75, 3.05) is 5.73 Å². The van der Waals surface area contributed by atoms with Crippen molar-refractivity contribution in [3.8, 4) is 0 Å². The highest BCUT2D eigenvalue weighted by atomic mass is 32.1. The second kappa shape index (κ2) is 3.66. The molecular formula is C10H14N4S. The van der Waals surface area contributed by atoms with Gasteiger partial charge in [0, 0.05) is 5.38 Å². The van der Waals surface area contributed by atoms with Crippen molar-refractivity contribution in [3.63, 3.8) is 0 Å². The SMILES string of the molecule is Cc1nc(Cn2nc(C)c(N)c2C)cs1. The highest BCUT2D eigenvalue weighted by molar-refractivity contribution is 7.09. The van der Waals surface area contributed by atoms with Crippen LogP contribution in [0.5, 0.6) is 0 Å². The fourth-order valence-electron chi connectivity index (χ4n) is 1.50. The Morgan fingerprint density at radius 2 is 2.13 bits per heavy atom. The first-order valence-electron chi connectivity index (χ1n) is 4.78. The highest BCUT2D eigenvalue weighted by Crippen LogP contribution is 2.17. The van der Waals surface area contributed by atoms with Gasteiger partial charge in [-0.25, -0.2) is 4.98 Å². The zero-order valence-electron chi connectivity index (χ0n) is 9.11. The van der Waals surface area contributed by atoms with E-state index >= 15 is 0 Å². The van der Waals surface area contributed by atoms with Crippen molar-refractivity contribution in [2.45, 2.75) is 27.3 Å². The summed E-state index contributed by atoms with van der Waals surface area (Å²) in [7, 11) is 0. The first-order valence-corrected chi connectivity index (χ1v) is 5.66. The van der Waals surface area contributed by atoms with E-state index < -0.39 is 0 Å². The van der Waals surface area contributed by atoms with Crippen molar-refractivity contribution in [3.05, 3.63) is 27.5 Å². The van der Waals surface area contributed by atoms with Crippen molar-refractivity contribution >= 4 is 17.0 Å². The van der Waals surface area contributed by atoms with E-state index in [1.807, 2.05) is 25.5 Å². The van der Waals surface area contributed by atoms with Gasteiger partial charge in [-0.2, -0.15) is 5.10 Å². The van der Waals surface area contributed by atoms with E-state index in [0.29, 0.717) is 6.54 Å². The third kappa shape index (κ3) is 1.87. The lowest BCUT2D eigenvalue weighted by Gasteiger charge is -2.00. The molecular weight excluding hydrogens is 208 g/mol. The molecule has 0 saturated carbocycles. The number of nitrogens with zero attached hydrogens (tertiary/aromatic N) is 3. The second-order valence-electron chi connectivity index (χ2n) is 3.60. The Morgan fingerprint density at radius 3 is 2.60 bits per heavy atom. The smallest absolute Gasteiger partial charge is 0.0898 e. The molecule has 0 fully saturated rings. The van der Waals surface area contributed by atoms with Crippen LogP contribution in [0.2, 0.25) is 0 Å². The van der Waals surface area contributed by atoms with E-state index in [-0.39, 0.29) is 0 Å². The molecule has 5 heteroatoms. The summed E-state index contributed by atoms with van der Waals surface area (Å²) in [6, 6.07) is 0. The summed E-state index contributed by atoms with van der Waals surface area (Å²) >= 11 is 1.66. The maximum Gasteiger partial charge on any atom is 0.0898 e. The van der Waals surface area contributed by atoms with Crippen LogP contribution in [0.25, 0.3) is 0 Å². The molecule has 2 aromatic heterocycles. The van der Waals surface area contributed by atoms with Gasteiger partial charge in [0.15, 0.2) is 0 Å². The van der Waals surface area contributed by atoms with Gasteiger partial charge in [-0.1, -0.05) is 0 Å². The van der Waals surface area contributed by atoms with E-state index in [4.69, 9.17) is 5.73 Å². The minimum Gasteiger partial charge on any atom is -0.396 e. The average Bonchev–Trinajstić information content (AvgIpc) is 2.68. The number of aryl methyl sites for hydroxylation is 2. The predicted octanol–water partition coefficient (Wildman–Crippen LogP) is 1.90. The number of aromatic nitrogens is 3. The van der Waals surface area contributed by atoms with Crippen LogP contribution in [-0.2, 0) is 6.54 Å². The van der Waals surface area contributed by atoms with E-state index in [2.05, 4.69) is 15.5 Å². The Morgan fingerprint density at radius 1 is 1.40 bits per heavy atom. The maximum absolute atomic E-state index is 5.86. The summed E-state index contributed by atoms with van der Waals surface area (Å²) in [5.74, 6) is 0. The van der Waals surface area contributed by atoms with Crippen molar-refractivity contribution in [2.24, 2.45) is 0 Å². The molecule has 0 aliphatic heterocycles. The van der Waals surface area contributed by atoms with Gasteiger partial charge >= 0.3 is 0 Å². The Hall–Kier alpha value is -1.36. The second-order valence-corrected chi connectivity index (χ2v) is 4.66. The molecule has 0 amide bonds. The van der Waals surface area contributed by atoms with Crippen LogP contribution in [0.15, 0.2) is 5.38 Å². The first kappa shape index (κ1) is 10.2. The molecule has 0 radical (unpaired) electrons. The summed E-state index contributed by atoms with van der Waals surface area (Å²) in [6.45, 7) is 6.61. The summed E-state index contributed by atoms with van der Waals surface area (Å²) < 4.78 is 1.90. The zero-order chi connectivity index (χ0) is 11.0. The minimum atomic E-state index is 0.703. The van der Waals surface area contributed by atoms with Crippen LogP contribution in [0.1, 0.15) is 22.1 Å². The molecule has 0 atom stereocenters. The molecule has 4 nitrogen and oxygen atoms in total. The molecule has 2 rings (SSSR count). The third-order valence-corrected chi connectivity index (χ3v) is 3.24. The number of thiazole rings is 1. The molecule has 2 heterocycles. The van der Waals surface area contributed by atoms with Gasteiger partial charge in [0.2, 0.25) is 0 Å². The monoisotopic (exact) mass is 222 g/mol. The van der Waals surface area contributed by atoms with Crippen LogP contribution in [0.4, 0.5) is 5.69 Å². The molecule has 0 bridgehead atoms. The third-order valence-electron chi connectivity index (χ3n) is 2.42. The first-order chi connectivity index (χ1) is 7.08. The number of nitrogens with two attached hydrogens (primary N) is 1. The summed E-state index contributed by atoms with van der Waals surface area (Å²) in [4.78, 5) is 4.40. The lowest BCUT2D eigenvalue weighted by Crippen LogP contribution is -2.04. The van der Waals surface area contributed by atoms with E-state index in [1.54, 1.807) is 11.3 Å². The topological polar surface area (TPSA) is 56.7 Å². The number of rotatable bonds is 2. The van der Waals surface area contributed by atoms with Crippen molar-refractivity contribution in [1.82, 2.24) is 14.8 Å². The lowest BCUT2D eigenvalue weighted by atomic mass is 10.3.